The van der Waals surface area contributed by atoms with Gasteiger partial charge in [0.2, 0.25) is 10.0 Å². The highest BCUT2D eigenvalue weighted by Crippen LogP contribution is 2.15. The fraction of sp³-hybridized carbons (Fsp3) is 0.455. The van der Waals surface area contributed by atoms with Crippen LogP contribution >= 0.6 is 27.7 Å². The van der Waals surface area contributed by atoms with Crippen LogP contribution in [0.2, 0.25) is 0 Å². The first-order valence-corrected chi connectivity index (χ1v) is 8.74. The molecule has 0 spiro atoms. The Bertz CT molecular complexity index is 445. The van der Waals surface area contributed by atoms with E-state index >= 15 is 0 Å². The summed E-state index contributed by atoms with van der Waals surface area (Å²) in [6, 6.07) is 6.56. The number of sulfonamides is 1. The van der Waals surface area contributed by atoms with Gasteiger partial charge in [-0.25, -0.2) is 13.1 Å². The highest BCUT2D eigenvalue weighted by Gasteiger charge is 2.16. The van der Waals surface area contributed by atoms with Crippen LogP contribution in [0.1, 0.15) is 13.8 Å². The SMILES string of the molecule is CCSCC(C)NS(=O)(=O)c1ccc(Br)cc1. The van der Waals surface area contributed by atoms with Crippen molar-refractivity contribution in [2.45, 2.75) is 24.8 Å². The van der Waals surface area contributed by atoms with Crippen LogP contribution in [0.5, 0.6) is 0 Å². The zero-order valence-electron chi connectivity index (χ0n) is 9.81. The van der Waals surface area contributed by atoms with Gasteiger partial charge < -0.3 is 0 Å². The van der Waals surface area contributed by atoms with Crippen molar-refractivity contribution in [2.24, 2.45) is 0 Å². The van der Waals surface area contributed by atoms with Gasteiger partial charge in [-0.05, 0) is 36.9 Å². The van der Waals surface area contributed by atoms with Gasteiger partial charge in [0.15, 0.2) is 0 Å². The third-order valence-corrected chi connectivity index (χ3v) is 5.33. The van der Waals surface area contributed by atoms with Crippen molar-refractivity contribution in [3.63, 3.8) is 0 Å². The summed E-state index contributed by atoms with van der Waals surface area (Å²) in [5.41, 5.74) is 0. The van der Waals surface area contributed by atoms with Crippen molar-refractivity contribution < 1.29 is 8.42 Å². The van der Waals surface area contributed by atoms with Gasteiger partial charge in [0.05, 0.1) is 4.90 Å². The van der Waals surface area contributed by atoms with Gasteiger partial charge >= 0.3 is 0 Å². The summed E-state index contributed by atoms with van der Waals surface area (Å²) < 4.78 is 27.5. The van der Waals surface area contributed by atoms with E-state index in [2.05, 4.69) is 27.6 Å². The average Bonchev–Trinajstić information content (AvgIpc) is 2.26. The summed E-state index contributed by atoms with van der Waals surface area (Å²) in [4.78, 5) is 0.300. The summed E-state index contributed by atoms with van der Waals surface area (Å²) >= 11 is 5.00. The molecule has 0 aromatic heterocycles. The van der Waals surface area contributed by atoms with E-state index in [4.69, 9.17) is 0 Å². The van der Waals surface area contributed by atoms with E-state index in [9.17, 15) is 8.42 Å². The molecule has 0 bridgehead atoms. The molecule has 1 N–H and O–H groups in total. The Morgan fingerprint density at radius 3 is 2.47 bits per heavy atom. The van der Waals surface area contributed by atoms with E-state index in [0.717, 1.165) is 16.0 Å². The molecule has 1 atom stereocenters. The van der Waals surface area contributed by atoms with E-state index in [1.165, 1.54) is 0 Å². The lowest BCUT2D eigenvalue weighted by molar-refractivity contribution is 0.571. The highest BCUT2D eigenvalue weighted by atomic mass is 79.9. The van der Waals surface area contributed by atoms with E-state index < -0.39 is 10.0 Å². The standard InChI is InChI=1S/C11H16BrNO2S2/c1-3-16-8-9(2)13-17(14,15)11-6-4-10(12)5-7-11/h4-7,9,13H,3,8H2,1-2H3. The van der Waals surface area contributed by atoms with Crippen molar-refractivity contribution >= 4 is 37.7 Å². The molecule has 1 aromatic rings. The Morgan fingerprint density at radius 2 is 1.94 bits per heavy atom. The van der Waals surface area contributed by atoms with E-state index in [1.54, 1.807) is 36.0 Å². The average molecular weight is 338 g/mol. The van der Waals surface area contributed by atoms with Crippen molar-refractivity contribution in [1.29, 1.82) is 0 Å². The minimum absolute atomic E-state index is 0.0615. The molecular formula is C11H16BrNO2S2. The first kappa shape index (κ1) is 15.0. The predicted molar refractivity (Wildman–Crippen MR) is 76.9 cm³/mol. The van der Waals surface area contributed by atoms with Crippen LogP contribution < -0.4 is 4.72 Å². The molecule has 17 heavy (non-hydrogen) atoms. The van der Waals surface area contributed by atoms with Gasteiger partial charge in [-0.3, -0.25) is 0 Å². The Hall–Kier alpha value is -0.0400. The van der Waals surface area contributed by atoms with Crippen LogP contribution in [0.15, 0.2) is 33.6 Å². The zero-order chi connectivity index (χ0) is 12.9. The fourth-order valence-electron chi connectivity index (χ4n) is 1.28. The van der Waals surface area contributed by atoms with E-state index in [1.807, 2.05) is 6.92 Å². The van der Waals surface area contributed by atoms with Crippen LogP contribution in [0, 0.1) is 0 Å². The molecule has 0 aliphatic heterocycles. The maximum Gasteiger partial charge on any atom is 0.240 e. The molecule has 1 unspecified atom stereocenters. The molecule has 0 saturated heterocycles. The molecular weight excluding hydrogens is 322 g/mol. The quantitative estimate of drug-likeness (QED) is 0.868. The maximum absolute atomic E-state index is 12.0. The Morgan fingerprint density at radius 1 is 1.35 bits per heavy atom. The Kier molecular flexibility index (Phi) is 5.99. The molecule has 0 radical (unpaired) electrons. The van der Waals surface area contributed by atoms with Crippen LogP contribution in [-0.4, -0.2) is 26.0 Å². The molecule has 0 heterocycles. The second-order valence-corrected chi connectivity index (χ2v) is 7.58. The van der Waals surface area contributed by atoms with E-state index in [-0.39, 0.29) is 6.04 Å². The molecule has 1 aromatic carbocycles. The second kappa shape index (κ2) is 6.78. The zero-order valence-corrected chi connectivity index (χ0v) is 13.0. The smallest absolute Gasteiger partial charge is 0.208 e. The molecule has 0 aliphatic rings. The summed E-state index contributed by atoms with van der Waals surface area (Å²) in [5, 5.41) is 0. The molecule has 0 fully saturated rings. The lowest BCUT2D eigenvalue weighted by Gasteiger charge is -2.13. The monoisotopic (exact) mass is 337 g/mol. The van der Waals surface area contributed by atoms with Crippen molar-refractivity contribution in [3.8, 4) is 0 Å². The summed E-state index contributed by atoms with van der Waals surface area (Å²) in [7, 11) is -3.39. The normalized spacial score (nSPS) is 13.6. The lowest BCUT2D eigenvalue weighted by Crippen LogP contribution is -2.34. The maximum atomic E-state index is 12.0. The number of thioether (sulfide) groups is 1. The Balaban J connectivity index is 2.71. The molecule has 96 valence electrons. The second-order valence-electron chi connectivity index (χ2n) is 3.64. The van der Waals surface area contributed by atoms with Crippen molar-refractivity contribution in [1.82, 2.24) is 4.72 Å². The number of hydrogen-bond acceptors (Lipinski definition) is 3. The molecule has 0 aliphatic carbocycles. The van der Waals surface area contributed by atoms with Gasteiger partial charge in [0, 0.05) is 16.3 Å². The topological polar surface area (TPSA) is 46.2 Å². The summed E-state index contributed by atoms with van der Waals surface area (Å²) in [6.45, 7) is 3.93. The molecule has 1 rings (SSSR count). The summed E-state index contributed by atoms with van der Waals surface area (Å²) in [5.74, 6) is 1.77. The van der Waals surface area contributed by atoms with Gasteiger partial charge in [-0.1, -0.05) is 22.9 Å². The van der Waals surface area contributed by atoms with Gasteiger partial charge in [0.25, 0.3) is 0 Å². The highest BCUT2D eigenvalue weighted by molar-refractivity contribution is 9.10. The number of nitrogens with one attached hydrogen (secondary N) is 1. The molecule has 6 heteroatoms. The first-order chi connectivity index (χ1) is 7.95. The third-order valence-electron chi connectivity index (χ3n) is 2.05. The van der Waals surface area contributed by atoms with Crippen LogP contribution in [0.3, 0.4) is 0 Å². The minimum Gasteiger partial charge on any atom is -0.208 e. The van der Waals surface area contributed by atoms with Crippen molar-refractivity contribution in [3.05, 3.63) is 28.7 Å². The number of benzene rings is 1. The third kappa shape index (κ3) is 4.99. The van der Waals surface area contributed by atoms with Crippen LogP contribution in [0.25, 0.3) is 0 Å². The number of rotatable bonds is 6. The van der Waals surface area contributed by atoms with Gasteiger partial charge in [-0.2, -0.15) is 11.8 Å². The predicted octanol–water partition coefficient (Wildman–Crippen LogP) is 2.87. The van der Waals surface area contributed by atoms with Gasteiger partial charge in [0.1, 0.15) is 0 Å². The van der Waals surface area contributed by atoms with Gasteiger partial charge in [-0.15, -0.1) is 0 Å². The number of halogens is 1. The van der Waals surface area contributed by atoms with Crippen LogP contribution in [-0.2, 0) is 10.0 Å². The van der Waals surface area contributed by atoms with Crippen molar-refractivity contribution in [2.75, 3.05) is 11.5 Å². The minimum atomic E-state index is -3.39. The largest absolute Gasteiger partial charge is 0.240 e. The number of hydrogen-bond donors (Lipinski definition) is 1. The summed E-state index contributed by atoms with van der Waals surface area (Å²) in [6.07, 6.45) is 0. The van der Waals surface area contributed by atoms with Crippen LogP contribution in [0.4, 0.5) is 0 Å². The lowest BCUT2D eigenvalue weighted by atomic mass is 10.4. The fourth-order valence-corrected chi connectivity index (χ4v) is 3.56. The first-order valence-electron chi connectivity index (χ1n) is 5.31. The molecule has 3 nitrogen and oxygen atoms in total. The molecule has 0 saturated carbocycles. The molecule has 0 amide bonds. The van der Waals surface area contributed by atoms with E-state index in [0.29, 0.717) is 4.90 Å². The Labute approximate surface area is 116 Å².